The van der Waals surface area contributed by atoms with E-state index >= 15 is 0 Å². The molecule has 0 aliphatic carbocycles. The first-order valence-electron chi connectivity index (χ1n) is 23.9. The van der Waals surface area contributed by atoms with E-state index in [4.69, 9.17) is 5.73 Å². The average molecular weight is 950 g/mol. The molecule has 7 rings (SSSR count). The molecule has 8 amide bonds. The van der Waals surface area contributed by atoms with E-state index in [-0.39, 0.29) is 62.5 Å². The van der Waals surface area contributed by atoms with Crippen LogP contribution in [-0.4, -0.2) is 198 Å². The molecule has 6 saturated heterocycles. The highest BCUT2D eigenvalue weighted by atomic mass is 16.4. The number of phenolic OH excluding ortho intramolecular Hbond substituents is 1. The molecule has 6 fully saturated rings. The third-order valence-corrected chi connectivity index (χ3v) is 14.4. The molecule has 6 heterocycles. The standard InChI is InChI=1S/C46H63N9O13/c1-26(48-39(60)31-8-2-18-50(31)41(62)30(25-37(57)58)49-38(59)29(47)24-27-14-16-28(56)17-15-27)40(61)51-19-3-9-32(51)42(63)52-20-4-10-33(52)43(64)53-21-5-11-34(53)44(65)54-22-6-12-35(54)45(66)55-23-7-13-36(55)46(67)68/h14-17,26,29-36,56H,2-13,18-25,47H2,1H3,(H,48,60)(H,49,59)(H,57,58)(H,67,68)/t26-,29-,30-,31-,32-,33-,34-,35-,36-/m0/s1. The number of nitrogens with zero attached hydrogens (tertiary/aromatic N) is 6. The van der Waals surface area contributed by atoms with Crippen LogP contribution in [0, 0.1) is 0 Å². The summed E-state index contributed by atoms with van der Waals surface area (Å²) in [4.78, 5) is 143. The highest BCUT2D eigenvalue weighted by Crippen LogP contribution is 2.32. The minimum atomic E-state index is -1.55. The van der Waals surface area contributed by atoms with Crippen molar-refractivity contribution in [3.63, 3.8) is 0 Å². The van der Waals surface area contributed by atoms with Gasteiger partial charge in [-0.2, -0.15) is 0 Å². The third-order valence-electron chi connectivity index (χ3n) is 14.4. The zero-order valence-corrected chi connectivity index (χ0v) is 38.3. The summed E-state index contributed by atoms with van der Waals surface area (Å²) >= 11 is 0. The normalized spacial score (nSPS) is 26.1. The Kier molecular flexibility index (Phi) is 15.5. The smallest absolute Gasteiger partial charge is 0.326 e. The first kappa shape index (κ1) is 49.6. The number of likely N-dealkylation sites (tertiary alicyclic amines) is 6. The molecule has 22 heteroatoms. The quantitative estimate of drug-likeness (QED) is 0.120. The summed E-state index contributed by atoms with van der Waals surface area (Å²) in [6.45, 7) is 2.92. The third kappa shape index (κ3) is 10.5. The van der Waals surface area contributed by atoms with Crippen LogP contribution in [0.25, 0.3) is 0 Å². The maximum atomic E-state index is 14.4. The van der Waals surface area contributed by atoms with Gasteiger partial charge in [0.05, 0.1) is 12.5 Å². The molecule has 9 atom stereocenters. The molecular formula is C46H63N9O13. The van der Waals surface area contributed by atoms with Gasteiger partial charge in [-0.1, -0.05) is 12.1 Å². The van der Waals surface area contributed by atoms with Crippen molar-refractivity contribution >= 4 is 59.2 Å². The fourth-order valence-corrected chi connectivity index (χ4v) is 11.0. The number of nitrogens with one attached hydrogen (secondary N) is 2. The van der Waals surface area contributed by atoms with Crippen LogP contribution < -0.4 is 16.4 Å². The number of benzene rings is 1. The largest absolute Gasteiger partial charge is 0.508 e. The van der Waals surface area contributed by atoms with Crippen LogP contribution in [0.15, 0.2) is 24.3 Å². The number of nitrogens with two attached hydrogens (primary N) is 1. The number of aromatic hydroxyl groups is 1. The van der Waals surface area contributed by atoms with Gasteiger partial charge in [0.25, 0.3) is 0 Å². The Balaban J connectivity index is 0.950. The van der Waals surface area contributed by atoms with Crippen LogP contribution in [0.3, 0.4) is 0 Å². The molecule has 0 radical (unpaired) electrons. The van der Waals surface area contributed by atoms with E-state index in [9.17, 15) is 63.3 Å². The lowest BCUT2D eigenvalue weighted by Gasteiger charge is -2.36. The maximum Gasteiger partial charge on any atom is 0.326 e. The summed E-state index contributed by atoms with van der Waals surface area (Å²) in [7, 11) is 0. The minimum absolute atomic E-state index is 0.0192. The Labute approximate surface area is 393 Å². The molecular weight excluding hydrogens is 887 g/mol. The van der Waals surface area contributed by atoms with E-state index in [2.05, 4.69) is 10.6 Å². The molecule has 1 aromatic rings. The van der Waals surface area contributed by atoms with Gasteiger partial charge in [0, 0.05) is 39.3 Å². The fraction of sp³-hybridized carbons (Fsp3) is 0.652. The van der Waals surface area contributed by atoms with Crippen molar-refractivity contribution in [1.29, 1.82) is 0 Å². The van der Waals surface area contributed by atoms with Crippen molar-refractivity contribution in [3.8, 4) is 5.75 Å². The lowest BCUT2D eigenvalue weighted by Crippen LogP contribution is -2.59. The van der Waals surface area contributed by atoms with Crippen molar-refractivity contribution in [1.82, 2.24) is 40.0 Å². The van der Waals surface area contributed by atoms with Gasteiger partial charge in [-0.15, -0.1) is 0 Å². The lowest BCUT2D eigenvalue weighted by molar-refractivity contribution is -0.155. The van der Waals surface area contributed by atoms with E-state index in [0.29, 0.717) is 89.3 Å². The molecule has 7 N–H and O–H groups in total. The SMILES string of the molecule is C[C@H](NC(=O)[C@@H]1CCCN1C(=O)[C@H](CC(=O)O)NC(=O)[C@@H](N)Cc1ccc(O)cc1)C(=O)N1CCC[C@H]1C(=O)N1CCC[C@H]1C(=O)N1CCC[C@H]1C(=O)N1CCC[C@H]1C(=O)N1CCC[C@H]1C(=O)O. The van der Waals surface area contributed by atoms with Gasteiger partial charge in [0.1, 0.15) is 54.1 Å². The molecule has 6 aliphatic rings. The Bertz CT molecular complexity index is 2160. The molecule has 22 nitrogen and oxygen atoms in total. The van der Waals surface area contributed by atoms with E-state index in [0.717, 1.165) is 0 Å². The van der Waals surface area contributed by atoms with Crippen molar-refractivity contribution in [2.24, 2.45) is 5.73 Å². The number of phenols is 1. The van der Waals surface area contributed by atoms with Gasteiger partial charge in [-0.05, 0) is 108 Å². The van der Waals surface area contributed by atoms with Gasteiger partial charge in [-0.3, -0.25) is 43.2 Å². The molecule has 68 heavy (non-hydrogen) atoms. The number of hydrogen-bond donors (Lipinski definition) is 6. The number of amides is 8. The van der Waals surface area contributed by atoms with E-state index < -0.39 is 102 Å². The maximum absolute atomic E-state index is 14.4. The summed E-state index contributed by atoms with van der Waals surface area (Å²) in [5.74, 6) is -6.80. The van der Waals surface area contributed by atoms with Gasteiger partial charge >= 0.3 is 11.9 Å². The number of rotatable bonds is 15. The Hall–Kier alpha value is -6.32. The summed E-state index contributed by atoms with van der Waals surface area (Å²) in [6.07, 6.45) is 4.30. The molecule has 0 saturated carbocycles. The molecule has 0 bridgehead atoms. The predicted octanol–water partition coefficient (Wildman–Crippen LogP) is -1.24. The van der Waals surface area contributed by atoms with Crippen LogP contribution >= 0.6 is 0 Å². The van der Waals surface area contributed by atoms with E-state index in [1.165, 1.54) is 48.5 Å². The average Bonchev–Trinajstić information content (AvgIpc) is 4.18. The monoisotopic (exact) mass is 949 g/mol. The molecule has 1 aromatic carbocycles. The van der Waals surface area contributed by atoms with Crippen molar-refractivity contribution in [2.45, 2.75) is 151 Å². The Morgan fingerprint density at radius 2 is 0.941 bits per heavy atom. The summed E-state index contributed by atoms with van der Waals surface area (Å²) in [6, 6.07) is -3.34. The highest BCUT2D eigenvalue weighted by molar-refractivity contribution is 5.99. The second kappa shape index (κ2) is 21.3. The van der Waals surface area contributed by atoms with Gasteiger partial charge < -0.3 is 61.1 Å². The molecule has 370 valence electrons. The van der Waals surface area contributed by atoms with E-state index in [1.807, 2.05) is 0 Å². The van der Waals surface area contributed by atoms with Crippen LogP contribution in [-0.2, 0) is 54.4 Å². The number of aliphatic carboxylic acids is 2. The number of hydrogen-bond acceptors (Lipinski definition) is 12. The summed E-state index contributed by atoms with van der Waals surface area (Å²) in [5, 5.41) is 34.0. The predicted molar refractivity (Wildman–Crippen MR) is 238 cm³/mol. The highest BCUT2D eigenvalue weighted by Gasteiger charge is 2.49. The molecule has 0 aromatic heterocycles. The van der Waals surface area contributed by atoms with Gasteiger partial charge in [-0.25, -0.2) is 4.79 Å². The van der Waals surface area contributed by atoms with E-state index in [1.54, 1.807) is 12.1 Å². The second-order valence-corrected chi connectivity index (χ2v) is 18.8. The van der Waals surface area contributed by atoms with Gasteiger partial charge in [0.15, 0.2) is 0 Å². The summed E-state index contributed by atoms with van der Waals surface area (Å²) < 4.78 is 0. The number of carbonyl (C=O) groups excluding carboxylic acids is 8. The first-order chi connectivity index (χ1) is 32.5. The van der Waals surface area contributed by atoms with Crippen molar-refractivity contribution in [3.05, 3.63) is 29.8 Å². The Morgan fingerprint density at radius 3 is 1.38 bits per heavy atom. The lowest BCUT2D eigenvalue weighted by atomic mass is 10.0. The van der Waals surface area contributed by atoms with Crippen molar-refractivity contribution < 1.29 is 63.3 Å². The zero-order chi connectivity index (χ0) is 49.0. The minimum Gasteiger partial charge on any atom is -0.508 e. The zero-order valence-electron chi connectivity index (χ0n) is 38.3. The second-order valence-electron chi connectivity index (χ2n) is 18.8. The summed E-state index contributed by atoms with van der Waals surface area (Å²) in [5.41, 5.74) is 6.71. The first-order valence-corrected chi connectivity index (χ1v) is 23.9. The fourth-order valence-electron chi connectivity index (χ4n) is 11.0. The van der Waals surface area contributed by atoms with Crippen LogP contribution in [0.5, 0.6) is 5.75 Å². The molecule has 0 unspecified atom stereocenters. The number of carbonyl (C=O) groups is 10. The van der Waals surface area contributed by atoms with Crippen molar-refractivity contribution in [2.75, 3.05) is 39.3 Å². The number of carboxylic acid groups (broad SMARTS) is 2. The number of carboxylic acids is 2. The topological polar surface area (TPSA) is 301 Å². The molecule has 0 spiro atoms. The van der Waals surface area contributed by atoms with Crippen LogP contribution in [0.1, 0.15) is 96.0 Å². The van der Waals surface area contributed by atoms with Crippen LogP contribution in [0.2, 0.25) is 0 Å². The van der Waals surface area contributed by atoms with Crippen LogP contribution in [0.4, 0.5) is 0 Å². The van der Waals surface area contributed by atoms with Gasteiger partial charge in [0.2, 0.25) is 47.3 Å². The molecule has 6 aliphatic heterocycles. The Morgan fingerprint density at radius 1 is 0.559 bits per heavy atom.